The maximum absolute atomic E-state index is 2.31. The molecule has 6 aromatic rings. The van der Waals surface area contributed by atoms with Gasteiger partial charge in [-0.25, -0.2) is 0 Å². The molecule has 0 saturated carbocycles. The maximum atomic E-state index is 2.31. The summed E-state index contributed by atoms with van der Waals surface area (Å²) in [6.07, 6.45) is 6.60. The molecule has 0 radical (unpaired) electrons. The first-order valence-corrected chi connectivity index (χ1v) is 14.0. The fourth-order valence-electron chi connectivity index (χ4n) is 5.14. The zero-order valence-electron chi connectivity index (χ0n) is 22.8. The van der Waals surface area contributed by atoms with Gasteiger partial charge >= 0.3 is 0 Å². The fraction of sp³-hybridized carbons (Fsp3) is 0. The van der Waals surface area contributed by atoms with Crippen molar-refractivity contribution in [2.45, 2.75) is 0 Å². The van der Waals surface area contributed by atoms with Crippen molar-refractivity contribution in [3.8, 4) is 11.1 Å². The molecule has 0 N–H and O–H groups in total. The summed E-state index contributed by atoms with van der Waals surface area (Å²) in [5, 5.41) is 0. The van der Waals surface area contributed by atoms with Gasteiger partial charge in [0.25, 0.3) is 0 Å². The van der Waals surface area contributed by atoms with E-state index in [2.05, 4.69) is 193 Å². The number of nitrogens with zero attached hydrogens (tertiary/aromatic N) is 1. The highest BCUT2D eigenvalue weighted by atomic mass is 15.1. The molecule has 0 fully saturated rings. The third-order valence-corrected chi connectivity index (χ3v) is 7.12. The summed E-state index contributed by atoms with van der Waals surface area (Å²) in [7, 11) is 0. The predicted molar refractivity (Wildman–Crippen MR) is 176 cm³/mol. The Morgan fingerprint density at radius 2 is 0.902 bits per heavy atom. The van der Waals surface area contributed by atoms with Crippen LogP contribution in [0.2, 0.25) is 0 Å². The van der Waals surface area contributed by atoms with Crippen LogP contribution in [0.15, 0.2) is 182 Å². The number of allylic oxidation sites excluding steroid dienone is 2. The van der Waals surface area contributed by atoms with Crippen LogP contribution < -0.4 is 4.90 Å². The molecule has 0 aliphatic rings. The maximum Gasteiger partial charge on any atom is 0.0468 e. The summed E-state index contributed by atoms with van der Waals surface area (Å²) in [5.41, 5.74) is 10.5. The highest BCUT2D eigenvalue weighted by Gasteiger charge is 2.14. The summed E-state index contributed by atoms with van der Waals surface area (Å²) < 4.78 is 0. The van der Waals surface area contributed by atoms with E-state index in [4.69, 9.17) is 0 Å². The summed E-state index contributed by atoms with van der Waals surface area (Å²) >= 11 is 0. The molecule has 1 heteroatoms. The molecule has 41 heavy (non-hydrogen) atoms. The van der Waals surface area contributed by atoms with Crippen LogP contribution in [-0.2, 0) is 0 Å². The third-order valence-electron chi connectivity index (χ3n) is 7.12. The van der Waals surface area contributed by atoms with Crippen LogP contribution in [-0.4, -0.2) is 0 Å². The number of hydrogen-bond donors (Lipinski definition) is 0. The van der Waals surface area contributed by atoms with E-state index in [1.807, 2.05) is 0 Å². The van der Waals surface area contributed by atoms with Crippen LogP contribution in [0, 0.1) is 0 Å². The molecule has 0 aliphatic carbocycles. The van der Waals surface area contributed by atoms with Gasteiger partial charge in [-0.15, -0.1) is 0 Å². The zero-order valence-corrected chi connectivity index (χ0v) is 22.8. The Morgan fingerprint density at radius 3 is 1.41 bits per heavy atom. The second-order valence-corrected chi connectivity index (χ2v) is 9.82. The number of hydrogen-bond acceptors (Lipinski definition) is 1. The normalized spacial score (nSPS) is 10.8. The Morgan fingerprint density at radius 1 is 0.439 bits per heavy atom. The van der Waals surface area contributed by atoms with E-state index in [0.717, 1.165) is 22.6 Å². The van der Waals surface area contributed by atoms with Gasteiger partial charge in [-0.1, -0.05) is 152 Å². The van der Waals surface area contributed by atoms with Crippen LogP contribution in [0.5, 0.6) is 0 Å². The van der Waals surface area contributed by atoms with Crippen molar-refractivity contribution in [1.29, 1.82) is 0 Å². The summed E-state index contributed by atoms with van der Waals surface area (Å²) in [4.78, 5) is 2.31. The molecule has 0 unspecified atom stereocenters. The van der Waals surface area contributed by atoms with Gasteiger partial charge < -0.3 is 4.90 Å². The minimum Gasteiger partial charge on any atom is -0.310 e. The van der Waals surface area contributed by atoms with Gasteiger partial charge in [-0.3, -0.25) is 0 Å². The Labute approximate surface area is 243 Å². The standard InChI is InChI=1S/C40H31N/c1-6-17-32(18-7-1)39(33-19-8-2-9-20-33)28-16-23-35-29-30-38(31-40(35)34-21-10-3-11-22-34)41(36-24-12-4-13-25-36)37-26-14-5-15-27-37/h1-31H/b23-16+. The monoisotopic (exact) mass is 525 g/mol. The second kappa shape index (κ2) is 12.6. The highest BCUT2D eigenvalue weighted by Crippen LogP contribution is 2.38. The Balaban J connectivity index is 1.45. The van der Waals surface area contributed by atoms with E-state index in [1.54, 1.807) is 0 Å². The Bertz CT molecular complexity index is 1660. The van der Waals surface area contributed by atoms with Gasteiger partial charge in [-0.05, 0) is 69.8 Å². The first-order valence-electron chi connectivity index (χ1n) is 14.0. The van der Waals surface area contributed by atoms with Crippen LogP contribution in [0.4, 0.5) is 17.1 Å². The zero-order chi connectivity index (χ0) is 27.7. The van der Waals surface area contributed by atoms with E-state index in [1.165, 1.54) is 27.8 Å². The van der Waals surface area contributed by atoms with E-state index >= 15 is 0 Å². The van der Waals surface area contributed by atoms with Gasteiger partial charge in [0.1, 0.15) is 0 Å². The highest BCUT2D eigenvalue weighted by molar-refractivity contribution is 5.85. The van der Waals surface area contributed by atoms with E-state index in [-0.39, 0.29) is 0 Å². The van der Waals surface area contributed by atoms with Crippen molar-refractivity contribution in [1.82, 2.24) is 0 Å². The van der Waals surface area contributed by atoms with Gasteiger partial charge in [-0.2, -0.15) is 0 Å². The average molecular weight is 526 g/mol. The lowest BCUT2D eigenvalue weighted by molar-refractivity contribution is 1.28. The number of benzene rings is 6. The number of anilines is 3. The summed E-state index contributed by atoms with van der Waals surface area (Å²) in [5.74, 6) is 0. The molecule has 0 atom stereocenters. The van der Waals surface area contributed by atoms with Gasteiger partial charge in [0.15, 0.2) is 0 Å². The Kier molecular flexibility index (Phi) is 7.97. The Hall–Kier alpha value is -5.40. The van der Waals surface area contributed by atoms with Crippen molar-refractivity contribution in [2.24, 2.45) is 0 Å². The fourth-order valence-corrected chi connectivity index (χ4v) is 5.14. The van der Waals surface area contributed by atoms with Crippen molar-refractivity contribution >= 4 is 28.7 Å². The summed E-state index contributed by atoms with van der Waals surface area (Å²) in [6.45, 7) is 0. The third kappa shape index (κ3) is 6.11. The van der Waals surface area contributed by atoms with Crippen molar-refractivity contribution in [3.63, 3.8) is 0 Å². The first-order chi connectivity index (χ1) is 20.4. The van der Waals surface area contributed by atoms with E-state index in [9.17, 15) is 0 Å². The number of rotatable bonds is 8. The number of para-hydroxylation sites is 2. The van der Waals surface area contributed by atoms with E-state index < -0.39 is 0 Å². The molecule has 6 aromatic carbocycles. The van der Waals surface area contributed by atoms with Crippen LogP contribution >= 0.6 is 0 Å². The van der Waals surface area contributed by atoms with Crippen LogP contribution in [0.25, 0.3) is 22.8 Å². The van der Waals surface area contributed by atoms with Gasteiger partial charge in [0.2, 0.25) is 0 Å². The van der Waals surface area contributed by atoms with Crippen molar-refractivity contribution < 1.29 is 0 Å². The van der Waals surface area contributed by atoms with Crippen LogP contribution in [0.1, 0.15) is 16.7 Å². The predicted octanol–water partition coefficient (Wildman–Crippen LogP) is 11.0. The van der Waals surface area contributed by atoms with Crippen molar-refractivity contribution in [2.75, 3.05) is 4.90 Å². The molecular formula is C40H31N. The molecule has 0 amide bonds. The van der Waals surface area contributed by atoms with E-state index in [0.29, 0.717) is 0 Å². The quantitative estimate of drug-likeness (QED) is 0.179. The topological polar surface area (TPSA) is 3.24 Å². The van der Waals surface area contributed by atoms with Gasteiger partial charge in [0.05, 0.1) is 0 Å². The average Bonchev–Trinajstić information content (AvgIpc) is 3.06. The first kappa shape index (κ1) is 25.9. The lowest BCUT2D eigenvalue weighted by atomic mass is 9.96. The molecule has 0 heterocycles. The molecule has 1 nitrogen and oxygen atoms in total. The molecule has 0 aliphatic heterocycles. The molecule has 0 aromatic heterocycles. The minimum atomic E-state index is 1.11. The van der Waals surface area contributed by atoms with Gasteiger partial charge in [0, 0.05) is 17.1 Å². The summed E-state index contributed by atoms with van der Waals surface area (Å²) in [6, 6.07) is 59.6. The molecule has 6 rings (SSSR count). The molecule has 0 saturated heterocycles. The smallest absolute Gasteiger partial charge is 0.0468 e. The van der Waals surface area contributed by atoms with Crippen LogP contribution in [0.3, 0.4) is 0 Å². The van der Waals surface area contributed by atoms with Crippen molar-refractivity contribution in [3.05, 3.63) is 199 Å². The molecule has 196 valence electrons. The SMILES string of the molecule is C(/C=C/c1ccc(N(c2ccccc2)c2ccccc2)cc1-c1ccccc1)=C(c1ccccc1)c1ccccc1. The minimum absolute atomic E-state index is 1.11. The lowest BCUT2D eigenvalue weighted by Gasteiger charge is -2.26. The molecule has 0 spiro atoms. The second-order valence-electron chi connectivity index (χ2n) is 9.82. The largest absolute Gasteiger partial charge is 0.310 e. The lowest BCUT2D eigenvalue weighted by Crippen LogP contribution is -2.10. The molecular weight excluding hydrogens is 494 g/mol. The molecule has 0 bridgehead atoms.